The van der Waals surface area contributed by atoms with Gasteiger partial charge in [-0.2, -0.15) is 0 Å². The number of rotatable bonds is 6. The van der Waals surface area contributed by atoms with Crippen LogP contribution in [0.5, 0.6) is 11.5 Å². The second kappa shape index (κ2) is 8.70. The zero-order chi connectivity index (χ0) is 22.1. The molecule has 7 nitrogen and oxygen atoms in total. The van der Waals surface area contributed by atoms with Crippen molar-refractivity contribution in [1.29, 1.82) is 0 Å². The monoisotopic (exact) mass is 441 g/mol. The van der Waals surface area contributed by atoms with Crippen molar-refractivity contribution in [3.8, 4) is 11.5 Å². The largest absolute Gasteiger partial charge is 0.493 e. The molecule has 0 saturated carbocycles. The average Bonchev–Trinajstić information content (AvgIpc) is 3.38. The Bertz CT molecular complexity index is 1180. The number of hydrogen-bond donors (Lipinski definition) is 0. The van der Waals surface area contributed by atoms with E-state index >= 15 is 0 Å². The molecule has 0 unspecified atom stereocenters. The lowest BCUT2D eigenvalue weighted by molar-refractivity contribution is -0.132. The van der Waals surface area contributed by atoms with Gasteiger partial charge in [0.2, 0.25) is 5.91 Å². The summed E-state index contributed by atoms with van der Waals surface area (Å²) in [5.74, 6) is 1.37. The first-order chi connectivity index (χ1) is 14.9. The molecule has 3 aromatic rings. The van der Waals surface area contributed by atoms with Crippen molar-refractivity contribution in [3.63, 3.8) is 0 Å². The van der Waals surface area contributed by atoms with Crippen LogP contribution in [-0.2, 0) is 11.3 Å². The van der Waals surface area contributed by atoms with Crippen molar-refractivity contribution in [2.24, 2.45) is 0 Å². The van der Waals surface area contributed by atoms with Crippen molar-refractivity contribution in [3.05, 3.63) is 50.9 Å². The highest BCUT2D eigenvalue weighted by Gasteiger charge is 2.30. The number of methoxy groups -OCH3 is 2. The smallest absolute Gasteiger partial charge is 0.262 e. The van der Waals surface area contributed by atoms with E-state index < -0.39 is 0 Å². The lowest BCUT2D eigenvalue weighted by Gasteiger charge is -2.26. The molecule has 0 spiro atoms. The molecular weight excluding hydrogens is 414 g/mol. The van der Waals surface area contributed by atoms with Crippen LogP contribution in [0.4, 0.5) is 0 Å². The van der Waals surface area contributed by atoms with Gasteiger partial charge < -0.3 is 14.4 Å². The lowest BCUT2D eigenvalue weighted by Crippen LogP contribution is -2.32. The summed E-state index contributed by atoms with van der Waals surface area (Å²) in [6, 6.07) is 5.81. The molecule has 0 aliphatic carbocycles. The molecule has 31 heavy (non-hydrogen) atoms. The second-order valence-electron chi connectivity index (χ2n) is 7.82. The number of fused-ring (bicyclic) bond motifs is 1. The summed E-state index contributed by atoms with van der Waals surface area (Å²) in [5, 5.41) is 0.668. The first-order valence-corrected chi connectivity index (χ1v) is 11.2. The zero-order valence-electron chi connectivity index (χ0n) is 18.3. The zero-order valence-corrected chi connectivity index (χ0v) is 19.1. The van der Waals surface area contributed by atoms with Crippen LogP contribution in [0.2, 0.25) is 0 Å². The number of benzene rings is 1. The minimum Gasteiger partial charge on any atom is -0.493 e. The number of aromatic nitrogens is 2. The Morgan fingerprint density at radius 3 is 2.74 bits per heavy atom. The Morgan fingerprint density at radius 1 is 1.23 bits per heavy atom. The van der Waals surface area contributed by atoms with E-state index in [4.69, 9.17) is 9.47 Å². The van der Waals surface area contributed by atoms with Gasteiger partial charge in [-0.1, -0.05) is 6.07 Å². The fourth-order valence-corrected chi connectivity index (χ4v) is 5.25. The normalized spacial score (nSPS) is 16.1. The van der Waals surface area contributed by atoms with E-state index in [1.54, 1.807) is 25.1 Å². The van der Waals surface area contributed by atoms with Crippen molar-refractivity contribution in [2.45, 2.75) is 45.7 Å². The van der Waals surface area contributed by atoms with Gasteiger partial charge in [0.1, 0.15) is 4.83 Å². The van der Waals surface area contributed by atoms with Crippen LogP contribution in [-0.4, -0.2) is 41.1 Å². The first kappa shape index (κ1) is 21.4. The Morgan fingerprint density at radius 2 is 2.00 bits per heavy atom. The molecule has 1 aromatic carbocycles. The topological polar surface area (TPSA) is 73.7 Å². The standard InChI is InChI=1S/C23H27N3O4S/c1-14-15(2)31-22-21(14)23(28)25(13-24-22)11-9-20(27)26-10-5-6-17(26)16-7-8-18(29-3)19(12-16)30-4/h7-8,12-13,17H,5-6,9-11H2,1-4H3/t17-/m1/s1. The molecule has 0 radical (unpaired) electrons. The molecule has 2 aromatic heterocycles. The van der Waals surface area contributed by atoms with Gasteiger partial charge in [0, 0.05) is 24.4 Å². The molecule has 4 rings (SSSR count). The molecule has 1 amide bonds. The van der Waals surface area contributed by atoms with Crippen LogP contribution < -0.4 is 15.0 Å². The maximum absolute atomic E-state index is 13.1. The summed E-state index contributed by atoms with van der Waals surface area (Å²) >= 11 is 1.53. The third-order valence-electron chi connectivity index (χ3n) is 6.09. The van der Waals surface area contributed by atoms with Gasteiger partial charge in [-0.15, -0.1) is 11.3 Å². The number of ether oxygens (including phenoxy) is 2. The van der Waals surface area contributed by atoms with Crippen LogP contribution in [0, 0.1) is 13.8 Å². The van der Waals surface area contributed by atoms with Crippen molar-refractivity contribution in [1.82, 2.24) is 14.5 Å². The Labute approximate surface area is 185 Å². The van der Waals surface area contributed by atoms with Gasteiger partial charge >= 0.3 is 0 Å². The average molecular weight is 442 g/mol. The van der Waals surface area contributed by atoms with Gasteiger partial charge in [-0.3, -0.25) is 14.2 Å². The van der Waals surface area contributed by atoms with E-state index in [9.17, 15) is 9.59 Å². The van der Waals surface area contributed by atoms with E-state index in [2.05, 4.69) is 4.98 Å². The second-order valence-corrected chi connectivity index (χ2v) is 9.02. The summed E-state index contributed by atoms with van der Waals surface area (Å²) in [6.07, 6.45) is 3.68. The Hall–Kier alpha value is -2.87. The van der Waals surface area contributed by atoms with Crippen LogP contribution >= 0.6 is 11.3 Å². The molecule has 0 bridgehead atoms. The number of carbonyl (C=O) groups excluding carboxylic acids is 1. The third kappa shape index (κ3) is 3.92. The molecule has 1 fully saturated rings. The molecule has 164 valence electrons. The van der Waals surface area contributed by atoms with Crippen LogP contribution in [0.25, 0.3) is 10.2 Å². The summed E-state index contributed by atoms with van der Waals surface area (Å²) in [4.78, 5) is 34.2. The molecule has 1 saturated heterocycles. The minimum atomic E-state index is -0.0717. The SMILES string of the molecule is COc1ccc([C@H]2CCCN2C(=O)CCn2cnc3sc(C)c(C)c3c2=O)cc1OC. The Kier molecular flexibility index (Phi) is 6.00. The van der Waals surface area contributed by atoms with Gasteiger partial charge in [-0.25, -0.2) is 4.98 Å². The van der Waals surface area contributed by atoms with Gasteiger partial charge in [-0.05, 0) is 49.9 Å². The molecule has 1 aliphatic rings. The molecule has 3 heterocycles. The fourth-order valence-electron chi connectivity index (χ4n) is 4.26. The number of aryl methyl sites for hydroxylation is 3. The van der Waals surface area contributed by atoms with Crippen LogP contribution in [0.3, 0.4) is 0 Å². The van der Waals surface area contributed by atoms with E-state index in [0.29, 0.717) is 30.0 Å². The van der Waals surface area contributed by atoms with Crippen molar-refractivity contribution < 1.29 is 14.3 Å². The van der Waals surface area contributed by atoms with E-state index in [-0.39, 0.29) is 23.9 Å². The summed E-state index contributed by atoms with van der Waals surface area (Å²) < 4.78 is 12.3. The van der Waals surface area contributed by atoms with Crippen molar-refractivity contribution in [2.75, 3.05) is 20.8 Å². The molecule has 8 heteroatoms. The minimum absolute atomic E-state index is 0.00593. The predicted octanol–water partition coefficient (Wildman–Crippen LogP) is 3.85. The van der Waals surface area contributed by atoms with Crippen LogP contribution in [0.15, 0.2) is 29.3 Å². The maximum atomic E-state index is 13.1. The van der Waals surface area contributed by atoms with Crippen LogP contribution in [0.1, 0.15) is 41.3 Å². The molecule has 1 atom stereocenters. The summed E-state index contributed by atoms with van der Waals surface area (Å²) in [7, 11) is 3.22. The van der Waals surface area contributed by atoms with E-state index in [0.717, 1.165) is 33.7 Å². The predicted molar refractivity (Wildman–Crippen MR) is 121 cm³/mol. The molecule has 0 N–H and O–H groups in total. The highest BCUT2D eigenvalue weighted by molar-refractivity contribution is 7.18. The Balaban J connectivity index is 1.51. The first-order valence-electron chi connectivity index (χ1n) is 10.4. The number of hydrogen-bond acceptors (Lipinski definition) is 6. The maximum Gasteiger partial charge on any atom is 0.262 e. The third-order valence-corrected chi connectivity index (χ3v) is 7.20. The number of nitrogens with zero attached hydrogens (tertiary/aromatic N) is 3. The van der Waals surface area contributed by atoms with Gasteiger partial charge in [0.05, 0.1) is 32.0 Å². The quantitative estimate of drug-likeness (QED) is 0.581. The van der Waals surface area contributed by atoms with E-state index in [1.807, 2.05) is 36.9 Å². The van der Waals surface area contributed by atoms with E-state index in [1.165, 1.54) is 11.3 Å². The number of carbonyl (C=O) groups is 1. The lowest BCUT2D eigenvalue weighted by atomic mass is 10.0. The number of amides is 1. The number of thiophene rings is 1. The molecular formula is C23H27N3O4S. The summed E-state index contributed by atoms with van der Waals surface area (Å²) in [5.41, 5.74) is 1.94. The summed E-state index contributed by atoms with van der Waals surface area (Å²) in [6.45, 7) is 4.98. The van der Waals surface area contributed by atoms with Gasteiger partial charge in [0.25, 0.3) is 5.56 Å². The molecule has 1 aliphatic heterocycles. The highest BCUT2D eigenvalue weighted by atomic mass is 32.1. The number of likely N-dealkylation sites (tertiary alicyclic amines) is 1. The van der Waals surface area contributed by atoms with Gasteiger partial charge in [0.15, 0.2) is 11.5 Å². The highest BCUT2D eigenvalue weighted by Crippen LogP contribution is 2.37. The van der Waals surface area contributed by atoms with Crippen molar-refractivity contribution >= 4 is 27.5 Å². The fraction of sp³-hybridized carbons (Fsp3) is 0.435.